The Morgan fingerprint density at radius 3 is 2.40 bits per heavy atom. The first-order chi connectivity index (χ1) is 14.2. The molecular formula is C24H27NO5. The normalized spacial score (nSPS) is 18.3. The van der Waals surface area contributed by atoms with E-state index in [0.29, 0.717) is 24.3 Å². The van der Waals surface area contributed by atoms with Gasteiger partial charge in [0.2, 0.25) is 0 Å². The Morgan fingerprint density at radius 2 is 1.80 bits per heavy atom. The first-order valence-corrected chi connectivity index (χ1v) is 10.1. The van der Waals surface area contributed by atoms with Crippen molar-refractivity contribution >= 4 is 17.4 Å². The zero-order valence-corrected chi connectivity index (χ0v) is 17.7. The minimum absolute atomic E-state index is 0.0278. The van der Waals surface area contributed by atoms with Gasteiger partial charge in [0.05, 0.1) is 18.2 Å². The number of carbonyl (C=O) groups is 2. The highest BCUT2D eigenvalue weighted by Gasteiger charge is 2.46. The van der Waals surface area contributed by atoms with E-state index in [2.05, 4.69) is 0 Å². The van der Waals surface area contributed by atoms with Crippen LogP contribution in [0, 0.1) is 12.8 Å². The number of phenols is 1. The molecule has 30 heavy (non-hydrogen) atoms. The summed E-state index contributed by atoms with van der Waals surface area (Å²) in [6, 6.07) is 11.1. The first-order valence-electron chi connectivity index (χ1n) is 10.1. The number of likely N-dealkylation sites (tertiary alicyclic amines) is 1. The summed E-state index contributed by atoms with van der Waals surface area (Å²) in [5.41, 5.74) is 2.11. The average molecular weight is 409 g/mol. The van der Waals surface area contributed by atoms with Gasteiger partial charge in [0, 0.05) is 12.1 Å². The Labute approximate surface area is 176 Å². The lowest BCUT2D eigenvalue weighted by atomic mass is 9.94. The Morgan fingerprint density at radius 1 is 1.13 bits per heavy atom. The monoisotopic (exact) mass is 409 g/mol. The number of hydrogen-bond donors (Lipinski definition) is 2. The second-order valence-electron chi connectivity index (χ2n) is 7.87. The maximum atomic E-state index is 13.0. The highest BCUT2D eigenvalue weighted by atomic mass is 16.5. The topological polar surface area (TPSA) is 87.1 Å². The fourth-order valence-electron chi connectivity index (χ4n) is 3.65. The molecule has 1 saturated heterocycles. The Balaban J connectivity index is 2.20. The number of aromatic hydroxyl groups is 1. The third-order valence-corrected chi connectivity index (χ3v) is 5.03. The molecule has 0 aliphatic carbocycles. The van der Waals surface area contributed by atoms with E-state index >= 15 is 0 Å². The van der Waals surface area contributed by atoms with Gasteiger partial charge in [0.15, 0.2) is 11.5 Å². The zero-order chi connectivity index (χ0) is 22.0. The summed E-state index contributed by atoms with van der Waals surface area (Å²) >= 11 is 0. The van der Waals surface area contributed by atoms with Crippen molar-refractivity contribution in [1.29, 1.82) is 0 Å². The minimum atomic E-state index is -0.770. The van der Waals surface area contributed by atoms with Gasteiger partial charge in [0.1, 0.15) is 5.76 Å². The summed E-state index contributed by atoms with van der Waals surface area (Å²) in [6.07, 6.45) is 0. The highest BCUT2D eigenvalue weighted by molar-refractivity contribution is 6.46. The second kappa shape index (κ2) is 8.61. The molecule has 0 bridgehead atoms. The van der Waals surface area contributed by atoms with E-state index < -0.39 is 17.7 Å². The van der Waals surface area contributed by atoms with Gasteiger partial charge in [-0.2, -0.15) is 0 Å². The van der Waals surface area contributed by atoms with Crippen LogP contribution in [0.2, 0.25) is 0 Å². The van der Waals surface area contributed by atoms with E-state index in [1.54, 1.807) is 31.2 Å². The number of benzene rings is 2. The van der Waals surface area contributed by atoms with E-state index in [9.17, 15) is 19.8 Å². The molecule has 6 heteroatoms. The third-order valence-electron chi connectivity index (χ3n) is 5.03. The molecule has 0 saturated carbocycles. The maximum absolute atomic E-state index is 13.0. The van der Waals surface area contributed by atoms with Crippen LogP contribution in [-0.2, 0) is 9.59 Å². The number of aliphatic hydroxyl groups excluding tert-OH is 1. The summed E-state index contributed by atoms with van der Waals surface area (Å²) in [7, 11) is 0. The van der Waals surface area contributed by atoms with Gasteiger partial charge in [-0.25, -0.2) is 0 Å². The third kappa shape index (κ3) is 4.03. The predicted molar refractivity (Wildman–Crippen MR) is 114 cm³/mol. The lowest BCUT2D eigenvalue weighted by molar-refractivity contribution is -0.140. The van der Waals surface area contributed by atoms with Crippen molar-refractivity contribution in [2.45, 2.75) is 33.7 Å². The summed E-state index contributed by atoms with van der Waals surface area (Å²) in [5, 5.41) is 21.1. The summed E-state index contributed by atoms with van der Waals surface area (Å²) in [5.74, 6) is -1.22. The van der Waals surface area contributed by atoms with Crippen LogP contribution in [0.3, 0.4) is 0 Å². The molecular weight excluding hydrogens is 382 g/mol. The molecule has 1 heterocycles. The number of nitrogens with zero attached hydrogens (tertiary/aromatic N) is 1. The molecule has 1 atom stereocenters. The van der Waals surface area contributed by atoms with Gasteiger partial charge in [-0.1, -0.05) is 49.7 Å². The molecule has 0 aromatic heterocycles. The van der Waals surface area contributed by atoms with Crippen molar-refractivity contribution in [3.8, 4) is 11.5 Å². The van der Waals surface area contributed by atoms with E-state index in [0.717, 1.165) is 5.56 Å². The number of phenolic OH excluding ortho intramolecular Hbond substituents is 1. The number of rotatable bonds is 6. The van der Waals surface area contributed by atoms with Crippen molar-refractivity contribution in [3.05, 3.63) is 64.7 Å². The Hall–Kier alpha value is -3.28. The van der Waals surface area contributed by atoms with Crippen molar-refractivity contribution in [2.75, 3.05) is 13.2 Å². The molecule has 1 fully saturated rings. The first kappa shape index (κ1) is 21.4. The van der Waals surface area contributed by atoms with Crippen molar-refractivity contribution < 1.29 is 24.5 Å². The Kier molecular flexibility index (Phi) is 6.15. The molecule has 2 aromatic rings. The van der Waals surface area contributed by atoms with E-state index in [1.807, 2.05) is 32.9 Å². The number of ether oxygens (including phenoxy) is 1. The van der Waals surface area contributed by atoms with Gasteiger partial charge in [-0.3, -0.25) is 9.59 Å². The lowest BCUT2D eigenvalue weighted by Crippen LogP contribution is -2.33. The number of ketones is 1. The fraction of sp³-hybridized carbons (Fsp3) is 0.333. The summed E-state index contributed by atoms with van der Waals surface area (Å²) < 4.78 is 5.48. The number of aryl methyl sites for hydroxylation is 1. The van der Waals surface area contributed by atoms with Crippen LogP contribution >= 0.6 is 0 Å². The van der Waals surface area contributed by atoms with E-state index in [4.69, 9.17) is 4.74 Å². The molecule has 6 nitrogen and oxygen atoms in total. The summed E-state index contributed by atoms with van der Waals surface area (Å²) in [4.78, 5) is 27.3. The van der Waals surface area contributed by atoms with Crippen LogP contribution in [-0.4, -0.2) is 40.0 Å². The molecule has 2 aromatic carbocycles. The molecule has 0 radical (unpaired) electrons. The molecule has 1 aliphatic rings. The van der Waals surface area contributed by atoms with Crippen LogP contribution in [0.25, 0.3) is 5.76 Å². The van der Waals surface area contributed by atoms with E-state index in [1.165, 1.54) is 11.0 Å². The number of Topliss-reactive ketones (excluding diaryl/α,β-unsaturated/α-hetero) is 1. The van der Waals surface area contributed by atoms with E-state index in [-0.39, 0.29) is 28.7 Å². The zero-order valence-electron chi connectivity index (χ0n) is 17.7. The van der Waals surface area contributed by atoms with Crippen LogP contribution < -0.4 is 4.74 Å². The van der Waals surface area contributed by atoms with Gasteiger partial charge in [-0.05, 0) is 37.5 Å². The number of amides is 1. The molecule has 2 N–H and O–H groups in total. The maximum Gasteiger partial charge on any atom is 0.295 e. The minimum Gasteiger partial charge on any atom is -0.507 e. The fourth-order valence-corrected chi connectivity index (χ4v) is 3.65. The molecule has 158 valence electrons. The molecule has 1 unspecified atom stereocenters. The van der Waals surface area contributed by atoms with Gasteiger partial charge >= 0.3 is 0 Å². The number of hydrogen-bond acceptors (Lipinski definition) is 5. The quantitative estimate of drug-likeness (QED) is 0.425. The molecule has 0 spiro atoms. The smallest absolute Gasteiger partial charge is 0.295 e. The van der Waals surface area contributed by atoms with Gasteiger partial charge < -0.3 is 19.8 Å². The highest BCUT2D eigenvalue weighted by Crippen LogP contribution is 2.42. The second-order valence-corrected chi connectivity index (χ2v) is 7.87. The Bertz CT molecular complexity index is 991. The molecule has 3 rings (SSSR count). The van der Waals surface area contributed by atoms with Crippen molar-refractivity contribution in [1.82, 2.24) is 4.90 Å². The standard InChI is InChI=1S/C24H27NO5/c1-5-30-19-12-17(10-11-18(19)26)21-20(22(27)16-8-6-15(4)7-9-16)23(28)24(29)25(21)13-14(2)3/h6-12,14,21,26-27H,5,13H2,1-4H3/b22-20-. The summed E-state index contributed by atoms with van der Waals surface area (Å²) in [6.45, 7) is 8.35. The molecule has 1 aliphatic heterocycles. The van der Waals surface area contributed by atoms with Gasteiger partial charge in [0.25, 0.3) is 11.7 Å². The largest absolute Gasteiger partial charge is 0.507 e. The van der Waals surface area contributed by atoms with Crippen LogP contribution in [0.4, 0.5) is 0 Å². The van der Waals surface area contributed by atoms with Gasteiger partial charge in [-0.15, -0.1) is 0 Å². The number of carbonyl (C=O) groups excluding carboxylic acids is 2. The SMILES string of the molecule is CCOc1cc(C2/C(=C(/O)c3ccc(C)cc3)C(=O)C(=O)N2CC(C)C)ccc1O. The predicted octanol–water partition coefficient (Wildman–Crippen LogP) is 4.18. The van der Waals surface area contributed by atoms with Crippen LogP contribution in [0.5, 0.6) is 11.5 Å². The van der Waals surface area contributed by atoms with Crippen LogP contribution in [0.15, 0.2) is 48.0 Å². The molecule has 1 amide bonds. The number of aliphatic hydroxyl groups is 1. The van der Waals surface area contributed by atoms with Crippen molar-refractivity contribution in [2.24, 2.45) is 5.92 Å². The van der Waals surface area contributed by atoms with Crippen LogP contribution in [0.1, 0.15) is 43.5 Å². The lowest BCUT2D eigenvalue weighted by Gasteiger charge is -2.27. The average Bonchev–Trinajstić information content (AvgIpc) is 2.94. The van der Waals surface area contributed by atoms with Crippen molar-refractivity contribution in [3.63, 3.8) is 0 Å².